The zero-order chi connectivity index (χ0) is 26.4. The van der Waals surface area contributed by atoms with Crippen LogP contribution in [0.5, 0.6) is 0 Å². The summed E-state index contributed by atoms with van der Waals surface area (Å²) in [6, 6.07) is 31.1. The van der Waals surface area contributed by atoms with Gasteiger partial charge < -0.3 is 18.6 Å². The first-order valence-corrected chi connectivity index (χ1v) is 14.8. The Morgan fingerprint density at radius 3 is 1.95 bits per heavy atom. The van der Waals surface area contributed by atoms with E-state index in [1.54, 1.807) is 0 Å². The third-order valence-corrected chi connectivity index (χ3v) is 12.1. The monoisotopic (exact) mass is 518 g/mol. The molecule has 0 radical (unpaired) electrons. The minimum atomic E-state index is -2.77. The summed E-state index contributed by atoms with van der Waals surface area (Å²) in [4.78, 5) is 12.6. The van der Waals surface area contributed by atoms with Crippen LogP contribution < -0.4 is 10.4 Å². The molecule has 0 aliphatic heterocycles. The first kappa shape index (κ1) is 27.3. The van der Waals surface area contributed by atoms with Crippen molar-refractivity contribution in [3.05, 3.63) is 96.6 Å². The Morgan fingerprint density at radius 1 is 0.892 bits per heavy atom. The van der Waals surface area contributed by atoms with Gasteiger partial charge in [0.2, 0.25) is 0 Å². The Balaban J connectivity index is 1.59. The molecule has 0 aromatic heterocycles. The molecular formula is C31H38O5Si. The summed E-state index contributed by atoms with van der Waals surface area (Å²) in [7, 11) is -1.27. The quantitative estimate of drug-likeness (QED) is 0.256. The predicted octanol–water partition coefficient (Wildman–Crippen LogP) is 4.73. The molecular weight excluding hydrogens is 480 g/mol. The van der Waals surface area contributed by atoms with E-state index in [1.165, 1.54) is 17.5 Å². The molecule has 0 unspecified atom stereocenters. The van der Waals surface area contributed by atoms with Gasteiger partial charge in [0.15, 0.2) is 0 Å². The lowest BCUT2D eigenvalue weighted by Crippen LogP contribution is -2.67. The van der Waals surface area contributed by atoms with Gasteiger partial charge in [0, 0.05) is 13.0 Å². The van der Waals surface area contributed by atoms with Gasteiger partial charge in [-0.25, -0.2) is 4.79 Å². The number of benzene rings is 3. The number of hydrogen-bond acceptors (Lipinski definition) is 5. The van der Waals surface area contributed by atoms with Crippen molar-refractivity contribution in [3.8, 4) is 0 Å². The molecule has 196 valence electrons. The second-order valence-electron chi connectivity index (χ2n) is 10.8. The van der Waals surface area contributed by atoms with Crippen molar-refractivity contribution in [2.24, 2.45) is 5.92 Å². The maximum Gasteiger partial charge on any atom is 0.332 e. The van der Waals surface area contributed by atoms with E-state index in [4.69, 9.17) is 18.6 Å². The predicted molar refractivity (Wildman–Crippen MR) is 148 cm³/mol. The van der Waals surface area contributed by atoms with Gasteiger partial charge >= 0.3 is 5.97 Å². The first-order valence-electron chi connectivity index (χ1n) is 12.9. The van der Waals surface area contributed by atoms with Crippen molar-refractivity contribution in [1.82, 2.24) is 0 Å². The first-order chi connectivity index (χ1) is 17.8. The molecule has 0 bridgehead atoms. The molecule has 0 N–H and O–H groups in total. The molecule has 3 aromatic rings. The number of ether oxygens (including phenoxy) is 3. The Morgan fingerprint density at radius 2 is 1.43 bits per heavy atom. The van der Waals surface area contributed by atoms with Crippen LogP contribution in [0.3, 0.4) is 0 Å². The van der Waals surface area contributed by atoms with E-state index in [2.05, 4.69) is 69.3 Å². The summed E-state index contributed by atoms with van der Waals surface area (Å²) >= 11 is 0. The van der Waals surface area contributed by atoms with Gasteiger partial charge in [0.25, 0.3) is 8.32 Å². The number of carbonyl (C=O) groups is 1. The van der Waals surface area contributed by atoms with E-state index in [9.17, 15) is 4.79 Å². The summed E-state index contributed by atoms with van der Waals surface area (Å²) in [6.45, 7) is 7.99. The third kappa shape index (κ3) is 6.21. The van der Waals surface area contributed by atoms with Crippen molar-refractivity contribution in [2.75, 3.05) is 26.9 Å². The molecule has 37 heavy (non-hydrogen) atoms. The van der Waals surface area contributed by atoms with Gasteiger partial charge in [0.1, 0.15) is 12.2 Å². The van der Waals surface area contributed by atoms with Gasteiger partial charge in [-0.1, -0.05) is 112 Å². The molecule has 4 rings (SSSR count). The van der Waals surface area contributed by atoms with Crippen molar-refractivity contribution < 1.29 is 23.4 Å². The highest BCUT2D eigenvalue weighted by molar-refractivity contribution is 6.99. The topological polar surface area (TPSA) is 54.0 Å². The van der Waals surface area contributed by atoms with E-state index in [0.29, 0.717) is 26.2 Å². The van der Waals surface area contributed by atoms with Gasteiger partial charge in [0.05, 0.1) is 19.8 Å². The fraction of sp³-hybridized carbons (Fsp3) is 0.387. The summed E-state index contributed by atoms with van der Waals surface area (Å²) in [5.74, 6) is -0.311. The molecule has 3 aromatic carbocycles. The van der Waals surface area contributed by atoms with Crippen LogP contribution in [0, 0.1) is 5.92 Å². The molecule has 0 heterocycles. The van der Waals surface area contributed by atoms with Gasteiger partial charge in [-0.15, -0.1) is 0 Å². The second kappa shape index (κ2) is 11.7. The maximum absolute atomic E-state index is 12.6. The van der Waals surface area contributed by atoms with Gasteiger partial charge in [-0.3, -0.25) is 0 Å². The van der Waals surface area contributed by atoms with E-state index < -0.39 is 13.9 Å². The summed E-state index contributed by atoms with van der Waals surface area (Å²) < 4.78 is 24.3. The smallest absolute Gasteiger partial charge is 0.332 e. The summed E-state index contributed by atoms with van der Waals surface area (Å²) in [6.07, 6.45) is 0.704. The normalized spacial score (nSPS) is 19.4. The zero-order valence-electron chi connectivity index (χ0n) is 22.3. The van der Waals surface area contributed by atoms with Gasteiger partial charge in [-0.05, 0) is 27.4 Å². The SMILES string of the molecule is COCC(=O)O[C@]1(CO[Si](c2ccccc2)(c2ccccc2)C(C)(C)C)C[C@H]1COCc1ccccc1. The van der Waals surface area contributed by atoms with Crippen molar-refractivity contribution in [3.63, 3.8) is 0 Å². The van der Waals surface area contributed by atoms with Crippen LogP contribution in [0.25, 0.3) is 0 Å². The Kier molecular flexibility index (Phi) is 8.65. The molecule has 0 spiro atoms. The average Bonchev–Trinajstić information content (AvgIpc) is 3.57. The second-order valence-corrected chi connectivity index (χ2v) is 15.1. The highest BCUT2D eigenvalue weighted by Crippen LogP contribution is 2.49. The van der Waals surface area contributed by atoms with Crippen LogP contribution in [0.4, 0.5) is 0 Å². The molecule has 1 fully saturated rings. The lowest BCUT2D eigenvalue weighted by atomic mass is 10.2. The summed E-state index contributed by atoms with van der Waals surface area (Å²) in [5, 5.41) is 2.23. The van der Waals surface area contributed by atoms with Crippen LogP contribution >= 0.6 is 0 Å². The van der Waals surface area contributed by atoms with E-state index in [1.807, 2.05) is 42.5 Å². The average molecular weight is 519 g/mol. The van der Waals surface area contributed by atoms with E-state index in [0.717, 1.165) is 5.56 Å². The van der Waals surface area contributed by atoms with Crippen LogP contribution in [0.2, 0.25) is 5.04 Å². The largest absolute Gasteiger partial charge is 0.455 e. The molecule has 0 saturated heterocycles. The van der Waals surface area contributed by atoms with Crippen LogP contribution in [-0.4, -0.2) is 46.8 Å². The Hall–Kier alpha value is -2.77. The molecule has 2 atom stereocenters. The fourth-order valence-corrected chi connectivity index (χ4v) is 9.78. The standard InChI is InChI=1S/C31H38O5Si/c1-30(2,3)37(27-16-10-6-11-17-27,28-18-12-7-13-19-28)35-24-31(36-29(32)23-33-4)20-26(31)22-34-21-25-14-8-5-9-15-25/h5-19,26H,20-24H2,1-4H3/t26-,31-/m0/s1. The molecule has 5 nitrogen and oxygen atoms in total. The number of carbonyl (C=O) groups excluding carboxylic acids is 1. The highest BCUT2D eigenvalue weighted by Gasteiger charge is 2.61. The number of hydrogen-bond donors (Lipinski definition) is 0. The molecule has 1 aliphatic carbocycles. The zero-order valence-corrected chi connectivity index (χ0v) is 23.3. The lowest BCUT2D eigenvalue weighted by Gasteiger charge is -2.43. The van der Waals surface area contributed by atoms with Crippen LogP contribution in [-0.2, 0) is 30.0 Å². The van der Waals surface area contributed by atoms with E-state index >= 15 is 0 Å². The minimum Gasteiger partial charge on any atom is -0.455 e. The molecule has 1 saturated carbocycles. The molecule has 1 aliphatic rings. The van der Waals surface area contributed by atoms with Crippen LogP contribution in [0.1, 0.15) is 32.8 Å². The summed E-state index contributed by atoms with van der Waals surface area (Å²) in [5.41, 5.74) is 0.396. The number of esters is 1. The fourth-order valence-electron chi connectivity index (χ4n) is 5.16. The minimum absolute atomic E-state index is 0.0650. The molecule has 0 amide bonds. The van der Waals surface area contributed by atoms with Crippen molar-refractivity contribution in [2.45, 2.75) is 44.4 Å². The number of rotatable bonds is 12. The lowest BCUT2D eigenvalue weighted by molar-refractivity contribution is -0.159. The van der Waals surface area contributed by atoms with Crippen molar-refractivity contribution >= 4 is 24.7 Å². The van der Waals surface area contributed by atoms with Crippen molar-refractivity contribution in [1.29, 1.82) is 0 Å². The Labute approximate surface area is 221 Å². The Bertz CT molecular complexity index is 1090. The number of methoxy groups -OCH3 is 1. The maximum atomic E-state index is 12.6. The van der Waals surface area contributed by atoms with Gasteiger partial charge in [-0.2, -0.15) is 0 Å². The third-order valence-electron chi connectivity index (χ3n) is 7.14. The van der Waals surface area contributed by atoms with E-state index in [-0.39, 0.29) is 23.5 Å². The highest BCUT2D eigenvalue weighted by atomic mass is 28.4. The molecule has 6 heteroatoms. The van der Waals surface area contributed by atoms with Crippen LogP contribution in [0.15, 0.2) is 91.0 Å².